The first-order valence-electron chi connectivity index (χ1n) is 6.20. The fourth-order valence-electron chi connectivity index (χ4n) is 2.19. The van der Waals surface area contributed by atoms with E-state index in [1.807, 2.05) is 0 Å². The van der Waals surface area contributed by atoms with Crippen molar-refractivity contribution in [2.45, 2.75) is 0 Å². The standard InChI is InChI=1S/C15H11ClN2O3/c1-21-13-7-6-9(8-11(13)16)18-14(19)10-4-2-3-5-12(10)17-15(18)20/h2-8H,1H3,(H,17,20). The van der Waals surface area contributed by atoms with Crippen molar-refractivity contribution >= 4 is 22.5 Å². The number of ether oxygens (including phenoxy) is 1. The van der Waals surface area contributed by atoms with E-state index >= 15 is 0 Å². The van der Waals surface area contributed by atoms with Crippen molar-refractivity contribution in [3.63, 3.8) is 0 Å². The van der Waals surface area contributed by atoms with E-state index < -0.39 is 11.2 Å². The number of nitrogens with one attached hydrogen (secondary N) is 1. The van der Waals surface area contributed by atoms with E-state index in [2.05, 4.69) is 4.98 Å². The number of methoxy groups -OCH3 is 1. The largest absolute Gasteiger partial charge is 0.495 e. The fourth-order valence-corrected chi connectivity index (χ4v) is 2.44. The van der Waals surface area contributed by atoms with Crippen molar-refractivity contribution in [2.24, 2.45) is 0 Å². The smallest absolute Gasteiger partial charge is 0.333 e. The van der Waals surface area contributed by atoms with Gasteiger partial charge in [-0.05, 0) is 30.3 Å². The summed E-state index contributed by atoms with van der Waals surface area (Å²) in [6.45, 7) is 0. The van der Waals surface area contributed by atoms with Crippen LogP contribution in [-0.2, 0) is 0 Å². The Hall–Kier alpha value is -2.53. The molecule has 0 saturated heterocycles. The second kappa shape index (κ2) is 5.10. The number of hydrogen-bond acceptors (Lipinski definition) is 3. The highest BCUT2D eigenvalue weighted by Crippen LogP contribution is 2.25. The van der Waals surface area contributed by atoms with E-state index in [1.54, 1.807) is 36.4 Å². The van der Waals surface area contributed by atoms with Gasteiger partial charge in [-0.15, -0.1) is 0 Å². The molecular weight excluding hydrogens is 292 g/mol. The van der Waals surface area contributed by atoms with Gasteiger partial charge in [0, 0.05) is 0 Å². The summed E-state index contributed by atoms with van der Waals surface area (Å²) in [5.41, 5.74) is -0.0170. The number of rotatable bonds is 2. The molecule has 0 aliphatic carbocycles. The maximum absolute atomic E-state index is 12.5. The van der Waals surface area contributed by atoms with Gasteiger partial charge in [-0.1, -0.05) is 23.7 Å². The molecule has 6 heteroatoms. The molecule has 0 amide bonds. The van der Waals surface area contributed by atoms with Crippen LogP contribution in [-0.4, -0.2) is 16.7 Å². The summed E-state index contributed by atoms with van der Waals surface area (Å²) in [5.74, 6) is 0.477. The third kappa shape index (κ3) is 2.21. The number of halogens is 1. The summed E-state index contributed by atoms with van der Waals surface area (Å²) >= 11 is 6.05. The molecule has 0 fully saturated rings. The first-order chi connectivity index (χ1) is 10.1. The number of H-pyrrole nitrogens is 1. The predicted molar refractivity (Wildman–Crippen MR) is 81.7 cm³/mol. The van der Waals surface area contributed by atoms with Crippen LogP contribution in [0.4, 0.5) is 0 Å². The monoisotopic (exact) mass is 302 g/mol. The molecule has 1 N–H and O–H groups in total. The van der Waals surface area contributed by atoms with E-state index in [9.17, 15) is 9.59 Å². The molecule has 1 aromatic heterocycles. The fraction of sp³-hybridized carbons (Fsp3) is 0.0667. The van der Waals surface area contributed by atoms with Crippen LogP contribution in [0.1, 0.15) is 0 Å². The minimum Gasteiger partial charge on any atom is -0.495 e. The van der Waals surface area contributed by atoms with Crippen LogP contribution in [0.3, 0.4) is 0 Å². The van der Waals surface area contributed by atoms with E-state index in [0.717, 1.165) is 4.57 Å². The summed E-state index contributed by atoms with van der Waals surface area (Å²) in [6.07, 6.45) is 0. The molecule has 0 aliphatic heterocycles. The van der Waals surface area contributed by atoms with Crippen molar-refractivity contribution < 1.29 is 4.74 Å². The molecule has 3 rings (SSSR count). The van der Waals surface area contributed by atoms with E-state index in [1.165, 1.54) is 13.2 Å². The quantitative estimate of drug-likeness (QED) is 0.790. The maximum atomic E-state index is 12.5. The Balaban J connectivity index is 2.33. The van der Waals surface area contributed by atoms with Crippen molar-refractivity contribution in [1.29, 1.82) is 0 Å². The van der Waals surface area contributed by atoms with Gasteiger partial charge in [-0.3, -0.25) is 4.79 Å². The number of aromatic amines is 1. The lowest BCUT2D eigenvalue weighted by Crippen LogP contribution is -2.33. The Kier molecular flexibility index (Phi) is 3.27. The van der Waals surface area contributed by atoms with Crippen molar-refractivity contribution in [3.05, 3.63) is 68.3 Å². The number of hydrogen-bond donors (Lipinski definition) is 1. The lowest BCUT2D eigenvalue weighted by atomic mass is 10.2. The molecule has 21 heavy (non-hydrogen) atoms. The highest BCUT2D eigenvalue weighted by Gasteiger charge is 2.11. The average molecular weight is 303 g/mol. The first-order valence-corrected chi connectivity index (χ1v) is 6.57. The lowest BCUT2D eigenvalue weighted by molar-refractivity contribution is 0.415. The van der Waals surface area contributed by atoms with Gasteiger partial charge >= 0.3 is 5.69 Å². The maximum Gasteiger partial charge on any atom is 0.333 e. The van der Waals surface area contributed by atoms with Crippen LogP contribution < -0.4 is 16.0 Å². The van der Waals surface area contributed by atoms with Crippen LogP contribution in [0.5, 0.6) is 5.75 Å². The molecule has 0 atom stereocenters. The topological polar surface area (TPSA) is 64.1 Å². The molecule has 5 nitrogen and oxygen atoms in total. The van der Waals surface area contributed by atoms with Crippen LogP contribution in [0.25, 0.3) is 16.6 Å². The van der Waals surface area contributed by atoms with Gasteiger partial charge in [0.05, 0.1) is 28.7 Å². The van der Waals surface area contributed by atoms with Crippen LogP contribution in [0.15, 0.2) is 52.1 Å². The zero-order chi connectivity index (χ0) is 15.0. The summed E-state index contributed by atoms with van der Waals surface area (Å²) in [5, 5.41) is 0.762. The highest BCUT2D eigenvalue weighted by atomic mass is 35.5. The zero-order valence-electron chi connectivity index (χ0n) is 11.1. The molecule has 0 bridgehead atoms. The van der Waals surface area contributed by atoms with Crippen LogP contribution in [0.2, 0.25) is 5.02 Å². The molecule has 0 spiro atoms. The molecule has 0 unspecified atom stereocenters. The molecule has 2 aromatic carbocycles. The Labute approximate surface area is 124 Å². The Bertz CT molecular complexity index is 944. The minimum absolute atomic E-state index is 0.328. The molecule has 1 heterocycles. The third-order valence-electron chi connectivity index (χ3n) is 3.20. The Morgan fingerprint density at radius 2 is 1.90 bits per heavy atom. The average Bonchev–Trinajstić information content (AvgIpc) is 2.47. The van der Waals surface area contributed by atoms with Crippen LogP contribution >= 0.6 is 11.6 Å². The van der Waals surface area contributed by atoms with Crippen LogP contribution in [0, 0.1) is 0 Å². The van der Waals surface area contributed by atoms with Gasteiger partial charge in [0.15, 0.2) is 0 Å². The van der Waals surface area contributed by atoms with Crippen molar-refractivity contribution in [3.8, 4) is 11.4 Å². The van der Waals surface area contributed by atoms with E-state index in [-0.39, 0.29) is 0 Å². The van der Waals surface area contributed by atoms with Gasteiger partial charge in [0.2, 0.25) is 0 Å². The number of nitrogens with zero attached hydrogens (tertiary/aromatic N) is 1. The van der Waals surface area contributed by atoms with Gasteiger partial charge in [-0.25, -0.2) is 9.36 Å². The Morgan fingerprint density at radius 3 is 2.62 bits per heavy atom. The van der Waals surface area contributed by atoms with Crippen molar-refractivity contribution in [1.82, 2.24) is 9.55 Å². The van der Waals surface area contributed by atoms with Gasteiger partial charge in [-0.2, -0.15) is 0 Å². The van der Waals surface area contributed by atoms with Crippen molar-refractivity contribution in [2.75, 3.05) is 7.11 Å². The number of para-hydroxylation sites is 1. The number of aromatic nitrogens is 2. The summed E-state index contributed by atoms with van der Waals surface area (Å²) < 4.78 is 6.11. The molecule has 0 radical (unpaired) electrons. The van der Waals surface area contributed by atoms with E-state index in [4.69, 9.17) is 16.3 Å². The number of fused-ring (bicyclic) bond motifs is 1. The zero-order valence-corrected chi connectivity index (χ0v) is 11.8. The highest BCUT2D eigenvalue weighted by molar-refractivity contribution is 6.32. The Morgan fingerprint density at radius 1 is 1.14 bits per heavy atom. The normalized spacial score (nSPS) is 10.8. The number of benzene rings is 2. The molecular formula is C15H11ClN2O3. The second-order valence-electron chi connectivity index (χ2n) is 4.44. The molecule has 106 valence electrons. The third-order valence-corrected chi connectivity index (χ3v) is 3.49. The second-order valence-corrected chi connectivity index (χ2v) is 4.84. The lowest BCUT2D eigenvalue weighted by Gasteiger charge is -2.08. The summed E-state index contributed by atoms with van der Waals surface area (Å²) in [7, 11) is 1.50. The summed E-state index contributed by atoms with van der Waals surface area (Å²) in [4.78, 5) is 27.3. The minimum atomic E-state index is -0.514. The predicted octanol–water partition coefficient (Wildman–Crippen LogP) is 2.34. The molecule has 0 saturated carbocycles. The molecule has 0 aliphatic rings. The first kappa shape index (κ1) is 13.5. The molecule has 3 aromatic rings. The van der Waals surface area contributed by atoms with Gasteiger partial charge in [0.1, 0.15) is 5.75 Å². The SMILES string of the molecule is COc1ccc(-n2c(=O)[nH]c3ccccc3c2=O)cc1Cl. The van der Waals surface area contributed by atoms with Gasteiger partial charge in [0.25, 0.3) is 5.56 Å². The van der Waals surface area contributed by atoms with Gasteiger partial charge < -0.3 is 9.72 Å². The van der Waals surface area contributed by atoms with E-state index in [0.29, 0.717) is 27.4 Å². The summed E-state index contributed by atoms with van der Waals surface area (Å²) in [6, 6.07) is 11.6.